The Hall–Kier alpha value is -3.76. The molecule has 1 amide bonds. The number of amides is 1. The molecule has 4 aromatic heterocycles. The van der Waals surface area contributed by atoms with Crippen molar-refractivity contribution in [3.63, 3.8) is 0 Å². The summed E-state index contributed by atoms with van der Waals surface area (Å²) >= 11 is 0. The number of alkyl halides is 1. The normalized spacial score (nSPS) is 19.3. The lowest BCUT2D eigenvalue weighted by molar-refractivity contribution is 0.0646. The van der Waals surface area contributed by atoms with E-state index in [1.807, 2.05) is 40.7 Å². The number of imidazole rings is 1. The number of hydrogen-bond donors (Lipinski definition) is 1. The third-order valence-corrected chi connectivity index (χ3v) is 6.49. The highest BCUT2D eigenvalue weighted by molar-refractivity contribution is 5.90. The summed E-state index contributed by atoms with van der Waals surface area (Å²) in [6.07, 6.45) is 4.18. The van der Waals surface area contributed by atoms with E-state index in [0.29, 0.717) is 38.9 Å². The first-order chi connectivity index (χ1) is 16.1. The number of aromatic amines is 1. The third-order valence-electron chi connectivity index (χ3n) is 6.49. The highest BCUT2D eigenvalue weighted by Gasteiger charge is 2.38. The SMILES string of the molecule is Cc1cccn2nc([C@H]3c4nc[nH]c4CCN3C(=O)c3nnc(N4CCC(F)CC4)o3)cc12. The smallest absolute Gasteiger partial charge is 0.318 e. The summed E-state index contributed by atoms with van der Waals surface area (Å²) in [6.45, 7) is 3.45. The van der Waals surface area contributed by atoms with Gasteiger partial charge in [-0.15, -0.1) is 5.10 Å². The van der Waals surface area contributed by atoms with Gasteiger partial charge in [-0.2, -0.15) is 5.10 Å². The molecule has 2 aliphatic rings. The lowest BCUT2D eigenvalue weighted by Gasteiger charge is -2.32. The fourth-order valence-corrected chi connectivity index (χ4v) is 4.70. The summed E-state index contributed by atoms with van der Waals surface area (Å²) in [5.41, 5.74) is 4.53. The van der Waals surface area contributed by atoms with Crippen LogP contribution >= 0.6 is 0 Å². The molecule has 0 radical (unpaired) electrons. The Bertz CT molecular complexity index is 1320. The Morgan fingerprint density at radius 3 is 2.91 bits per heavy atom. The number of carbonyl (C=O) groups is 1. The fourth-order valence-electron chi connectivity index (χ4n) is 4.70. The number of hydrogen-bond acceptors (Lipinski definition) is 7. The van der Waals surface area contributed by atoms with Crippen LogP contribution in [0, 0.1) is 6.92 Å². The van der Waals surface area contributed by atoms with Crippen molar-refractivity contribution in [1.82, 2.24) is 34.7 Å². The Balaban J connectivity index is 1.35. The minimum absolute atomic E-state index is 0.0868. The van der Waals surface area contributed by atoms with Crippen molar-refractivity contribution in [2.45, 2.75) is 38.4 Å². The van der Waals surface area contributed by atoms with E-state index in [9.17, 15) is 9.18 Å². The average molecular weight is 450 g/mol. The molecule has 0 bridgehead atoms. The van der Waals surface area contributed by atoms with Crippen molar-refractivity contribution in [3.8, 4) is 0 Å². The van der Waals surface area contributed by atoms with E-state index in [-0.39, 0.29) is 17.8 Å². The van der Waals surface area contributed by atoms with Crippen molar-refractivity contribution in [2.75, 3.05) is 24.5 Å². The number of carbonyl (C=O) groups excluding carboxylic acids is 1. The molecule has 1 atom stereocenters. The Kier molecular flexibility index (Phi) is 4.63. The maximum atomic E-state index is 13.5. The lowest BCUT2D eigenvalue weighted by atomic mass is 9.99. The zero-order chi connectivity index (χ0) is 22.5. The number of pyridine rings is 1. The molecule has 0 saturated carbocycles. The van der Waals surface area contributed by atoms with Gasteiger partial charge in [-0.3, -0.25) is 4.79 Å². The van der Waals surface area contributed by atoms with Crippen LogP contribution in [0.25, 0.3) is 5.52 Å². The van der Waals surface area contributed by atoms with Gasteiger partial charge in [0.25, 0.3) is 0 Å². The van der Waals surface area contributed by atoms with Gasteiger partial charge in [0, 0.05) is 37.9 Å². The first-order valence-electron chi connectivity index (χ1n) is 11.1. The molecule has 33 heavy (non-hydrogen) atoms. The average Bonchev–Trinajstić information content (AvgIpc) is 3.57. The molecule has 0 spiro atoms. The minimum Gasteiger partial charge on any atom is -0.399 e. The molecule has 2 aliphatic heterocycles. The van der Waals surface area contributed by atoms with Gasteiger partial charge in [-0.25, -0.2) is 13.9 Å². The summed E-state index contributed by atoms with van der Waals surface area (Å²) in [5.74, 6) is -0.460. The fraction of sp³-hybridized carbons (Fsp3) is 0.409. The molecule has 0 aromatic carbocycles. The predicted molar refractivity (Wildman–Crippen MR) is 116 cm³/mol. The minimum atomic E-state index is -0.809. The monoisotopic (exact) mass is 450 g/mol. The number of aromatic nitrogens is 6. The number of H-pyrrole nitrogens is 1. The number of anilines is 1. The molecular formula is C22H23FN8O2. The molecule has 0 unspecified atom stereocenters. The van der Waals surface area contributed by atoms with Crippen molar-refractivity contribution in [2.24, 2.45) is 0 Å². The van der Waals surface area contributed by atoms with Crippen LogP contribution in [-0.2, 0) is 6.42 Å². The van der Waals surface area contributed by atoms with E-state index in [2.05, 4.69) is 20.2 Å². The summed E-state index contributed by atoms with van der Waals surface area (Å²) in [4.78, 5) is 24.7. The second-order valence-corrected chi connectivity index (χ2v) is 8.56. The zero-order valence-corrected chi connectivity index (χ0v) is 18.1. The topological polar surface area (TPSA) is 108 Å². The largest absolute Gasteiger partial charge is 0.399 e. The van der Waals surface area contributed by atoms with E-state index in [4.69, 9.17) is 9.52 Å². The molecule has 10 nitrogen and oxygen atoms in total. The van der Waals surface area contributed by atoms with Gasteiger partial charge in [-0.05, 0) is 37.5 Å². The van der Waals surface area contributed by atoms with Gasteiger partial charge in [0.15, 0.2) is 0 Å². The Morgan fingerprint density at radius 2 is 2.09 bits per heavy atom. The van der Waals surface area contributed by atoms with Crippen LogP contribution < -0.4 is 4.90 Å². The maximum absolute atomic E-state index is 13.5. The van der Waals surface area contributed by atoms with Crippen LogP contribution in [0.1, 0.15) is 52.2 Å². The number of fused-ring (bicyclic) bond motifs is 2. The molecule has 0 aliphatic carbocycles. The molecule has 1 fully saturated rings. The van der Waals surface area contributed by atoms with E-state index in [0.717, 1.165) is 28.2 Å². The molecule has 11 heteroatoms. The van der Waals surface area contributed by atoms with Crippen LogP contribution in [-0.4, -0.2) is 66.4 Å². The molecule has 1 N–H and O–H groups in total. The molecule has 4 aromatic rings. The van der Waals surface area contributed by atoms with Crippen LogP contribution in [0.4, 0.5) is 10.4 Å². The standard InChI is InChI=1S/C22H23FN8O2/c1-13-3-2-7-31-17(13)11-16(28-31)19-18-15(24-12-25-18)6-10-30(19)21(32)20-26-27-22(33-20)29-8-4-14(23)5-9-29/h2-3,7,11-12,14,19H,4-6,8-10H2,1H3,(H,24,25)/t19-/m0/s1. The van der Waals surface area contributed by atoms with Gasteiger partial charge >= 0.3 is 17.8 Å². The van der Waals surface area contributed by atoms with E-state index >= 15 is 0 Å². The predicted octanol–water partition coefficient (Wildman–Crippen LogP) is 2.48. The zero-order valence-electron chi connectivity index (χ0n) is 18.1. The number of piperidine rings is 1. The second kappa shape index (κ2) is 7.68. The van der Waals surface area contributed by atoms with Gasteiger partial charge in [0.05, 0.1) is 23.2 Å². The highest BCUT2D eigenvalue weighted by atomic mass is 19.1. The second-order valence-electron chi connectivity index (χ2n) is 8.56. The van der Waals surface area contributed by atoms with Crippen molar-refractivity contribution >= 4 is 17.4 Å². The van der Waals surface area contributed by atoms with Gasteiger partial charge < -0.3 is 19.2 Å². The molecule has 6 heterocycles. The molecule has 1 saturated heterocycles. The Labute approximate surface area is 188 Å². The highest BCUT2D eigenvalue weighted by Crippen LogP contribution is 2.34. The summed E-state index contributed by atoms with van der Waals surface area (Å²) in [5, 5.41) is 12.8. The van der Waals surface area contributed by atoms with Crippen LogP contribution in [0.15, 0.2) is 35.1 Å². The van der Waals surface area contributed by atoms with E-state index in [1.165, 1.54) is 0 Å². The summed E-state index contributed by atoms with van der Waals surface area (Å²) < 4.78 is 21.0. The van der Waals surface area contributed by atoms with Crippen LogP contribution in [0.2, 0.25) is 0 Å². The first kappa shape index (κ1) is 19.9. The Morgan fingerprint density at radius 1 is 1.24 bits per heavy atom. The summed E-state index contributed by atoms with van der Waals surface area (Å²) in [6, 6.07) is 5.72. The lowest BCUT2D eigenvalue weighted by Crippen LogP contribution is -2.41. The van der Waals surface area contributed by atoms with Crippen molar-refractivity contribution in [1.29, 1.82) is 0 Å². The molecule has 170 valence electrons. The number of halogens is 1. The number of nitrogens with one attached hydrogen (secondary N) is 1. The quantitative estimate of drug-likeness (QED) is 0.511. The van der Waals surface area contributed by atoms with Crippen LogP contribution in [0.3, 0.4) is 0 Å². The van der Waals surface area contributed by atoms with Crippen molar-refractivity contribution in [3.05, 3.63) is 59.3 Å². The number of nitrogens with zero attached hydrogens (tertiary/aromatic N) is 7. The van der Waals surface area contributed by atoms with Crippen molar-refractivity contribution < 1.29 is 13.6 Å². The summed E-state index contributed by atoms with van der Waals surface area (Å²) in [7, 11) is 0. The van der Waals surface area contributed by atoms with Gasteiger partial charge in [0.2, 0.25) is 0 Å². The first-order valence-corrected chi connectivity index (χ1v) is 11.1. The molecule has 6 rings (SSSR count). The van der Waals surface area contributed by atoms with Crippen LogP contribution in [0.5, 0.6) is 0 Å². The third kappa shape index (κ3) is 3.35. The van der Waals surface area contributed by atoms with Gasteiger partial charge in [-0.1, -0.05) is 11.2 Å². The number of rotatable bonds is 3. The van der Waals surface area contributed by atoms with E-state index in [1.54, 1.807) is 11.2 Å². The maximum Gasteiger partial charge on any atom is 0.318 e. The molecular weight excluding hydrogens is 427 g/mol. The number of aryl methyl sites for hydroxylation is 1. The van der Waals surface area contributed by atoms with E-state index < -0.39 is 12.2 Å². The van der Waals surface area contributed by atoms with Gasteiger partial charge in [0.1, 0.15) is 12.2 Å².